The van der Waals surface area contributed by atoms with Crippen LogP contribution in [0.3, 0.4) is 0 Å². The summed E-state index contributed by atoms with van der Waals surface area (Å²) in [6, 6.07) is 14.7. The number of hydrogen-bond donors (Lipinski definition) is 1. The van der Waals surface area contributed by atoms with Gasteiger partial charge in [0.2, 0.25) is 4.77 Å². The van der Waals surface area contributed by atoms with Crippen LogP contribution in [-0.2, 0) is 19.8 Å². The zero-order valence-corrected chi connectivity index (χ0v) is 16.5. The molecule has 0 saturated heterocycles. The minimum atomic E-state index is -0.269. The fourth-order valence-corrected chi connectivity index (χ4v) is 3.36. The average molecular weight is 384 g/mol. The Balaban J connectivity index is 1.88. The smallest absolute Gasteiger partial charge is 0.203 e. The van der Waals surface area contributed by atoms with Crippen molar-refractivity contribution in [1.29, 1.82) is 0 Å². The van der Waals surface area contributed by atoms with Crippen molar-refractivity contribution in [2.75, 3.05) is 7.05 Å². The summed E-state index contributed by atoms with van der Waals surface area (Å²) >= 11 is 5.64. The number of allylic oxidation sites excluding steroid dienone is 1. The Morgan fingerprint density at radius 3 is 2.56 bits per heavy atom. The summed E-state index contributed by atoms with van der Waals surface area (Å²) in [6.45, 7) is 8.02. The highest BCUT2D eigenvalue weighted by molar-refractivity contribution is 7.71. The van der Waals surface area contributed by atoms with Crippen LogP contribution in [0.2, 0.25) is 0 Å². The Hall–Kier alpha value is -2.57. The molecule has 1 atom stereocenters. The number of nitrogens with zero attached hydrogens (tertiary/aromatic N) is 3. The van der Waals surface area contributed by atoms with E-state index in [9.17, 15) is 4.39 Å². The molecule has 0 saturated carbocycles. The number of aromatic nitrogens is 3. The Morgan fingerprint density at radius 2 is 1.89 bits per heavy atom. The van der Waals surface area contributed by atoms with Crippen molar-refractivity contribution in [3.8, 4) is 11.4 Å². The van der Waals surface area contributed by atoms with Crippen molar-refractivity contribution in [3.05, 3.63) is 82.9 Å². The zero-order valence-electron chi connectivity index (χ0n) is 15.7. The van der Waals surface area contributed by atoms with E-state index in [1.54, 1.807) is 18.2 Å². The lowest BCUT2D eigenvalue weighted by Gasteiger charge is -2.15. The molecule has 1 unspecified atom stereocenters. The fraction of sp³-hybridized carbons (Fsp3) is 0.238. The van der Waals surface area contributed by atoms with Gasteiger partial charge in [-0.05, 0) is 49.0 Å². The molecule has 0 amide bonds. The summed E-state index contributed by atoms with van der Waals surface area (Å²) in [5.41, 5.74) is 3.43. The molecule has 0 radical (unpaired) electrons. The third-order valence-corrected chi connectivity index (χ3v) is 4.94. The minimum absolute atomic E-state index is 0.269. The van der Waals surface area contributed by atoms with E-state index in [4.69, 9.17) is 17.3 Å². The van der Waals surface area contributed by atoms with Crippen LogP contribution in [0, 0.1) is 17.5 Å². The fourth-order valence-electron chi connectivity index (χ4n) is 3.10. The van der Waals surface area contributed by atoms with E-state index in [1.807, 2.05) is 9.25 Å². The Labute approximate surface area is 164 Å². The molecule has 0 fully saturated rings. The topological polar surface area (TPSA) is 27.2 Å². The van der Waals surface area contributed by atoms with Gasteiger partial charge in [-0.2, -0.15) is 4.68 Å². The number of aryl methyl sites for hydroxylation is 1. The van der Waals surface area contributed by atoms with Crippen molar-refractivity contribution >= 4 is 12.2 Å². The second kappa shape index (κ2) is 8.41. The second-order valence-electron chi connectivity index (χ2n) is 6.73. The van der Waals surface area contributed by atoms with E-state index in [0.29, 0.717) is 18.0 Å². The molecule has 3 rings (SSSR count). The van der Waals surface area contributed by atoms with Crippen LogP contribution in [0.4, 0.5) is 4.39 Å². The third-order valence-electron chi connectivity index (χ3n) is 4.51. The lowest BCUT2D eigenvalue weighted by atomic mass is 10.1. The van der Waals surface area contributed by atoms with E-state index in [0.717, 1.165) is 17.9 Å². The normalized spacial score (nSPS) is 12.1. The van der Waals surface area contributed by atoms with Crippen molar-refractivity contribution in [3.63, 3.8) is 0 Å². The molecule has 0 aliphatic heterocycles. The average Bonchev–Trinajstić information content (AvgIpc) is 2.94. The lowest BCUT2D eigenvalue weighted by molar-refractivity contribution is -0.917. The number of quaternary nitrogens is 1. The monoisotopic (exact) mass is 383 g/mol. The number of hydrogen-bond acceptors (Lipinski definition) is 2. The van der Waals surface area contributed by atoms with Crippen LogP contribution in [0.15, 0.2) is 61.2 Å². The van der Waals surface area contributed by atoms with Crippen LogP contribution in [0.5, 0.6) is 0 Å². The molecule has 0 spiro atoms. The molecule has 140 valence electrons. The highest BCUT2D eigenvalue weighted by Crippen LogP contribution is 2.19. The summed E-state index contributed by atoms with van der Waals surface area (Å²) < 4.78 is 17.7. The predicted molar refractivity (Wildman–Crippen MR) is 108 cm³/mol. The second-order valence-corrected chi connectivity index (χ2v) is 7.10. The highest BCUT2D eigenvalue weighted by Gasteiger charge is 2.15. The molecule has 0 bridgehead atoms. The van der Waals surface area contributed by atoms with Crippen LogP contribution in [0.25, 0.3) is 11.4 Å². The molecule has 1 heterocycles. The van der Waals surface area contributed by atoms with Gasteiger partial charge in [0.25, 0.3) is 0 Å². The first-order chi connectivity index (χ1) is 13.0. The number of benzene rings is 2. The maximum Gasteiger partial charge on any atom is 0.203 e. The first-order valence-electron chi connectivity index (χ1n) is 8.90. The van der Waals surface area contributed by atoms with E-state index in [2.05, 4.69) is 44.8 Å². The van der Waals surface area contributed by atoms with Gasteiger partial charge in [0, 0.05) is 17.7 Å². The summed E-state index contributed by atoms with van der Waals surface area (Å²) in [5.74, 6) is 0.457. The number of nitrogens with one attached hydrogen (secondary N) is 1. The Kier molecular flexibility index (Phi) is 5.98. The van der Waals surface area contributed by atoms with Gasteiger partial charge in [-0.25, -0.2) is 4.39 Å². The van der Waals surface area contributed by atoms with Crippen molar-refractivity contribution in [2.45, 2.75) is 26.7 Å². The highest BCUT2D eigenvalue weighted by atomic mass is 32.1. The van der Waals surface area contributed by atoms with Gasteiger partial charge in [0.05, 0.1) is 7.05 Å². The molecule has 1 aromatic heterocycles. The molecule has 0 aliphatic carbocycles. The maximum atomic E-state index is 13.3. The largest absolute Gasteiger partial charge is 0.315 e. The van der Waals surface area contributed by atoms with E-state index in [-0.39, 0.29) is 5.82 Å². The minimum Gasteiger partial charge on any atom is -0.315 e. The molecule has 3 aromatic rings. The summed E-state index contributed by atoms with van der Waals surface area (Å²) in [4.78, 5) is 1.27. The quantitative estimate of drug-likeness (QED) is 0.500. The first kappa shape index (κ1) is 19.2. The van der Waals surface area contributed by atoms with Crippen LogP contribution in [0.1, 0.15) is 11.1 Å². The number of halogens is 1. The van der Waals surface area contributed by atoms with Crippen LogP contribution >= 0.6 is 12.2 Å². The van der Waals surface area contributed by atoms with Gasteiger partial charge in [0.15, 0.2) is 12.5 Å². The van der Waals surface area contributed by atoms with Gasteiger partial charge in [0.1, 0.15) is 12.4 Å². The maximum absolute atomic E-state index is 13.3. The lowest BCUT2D eigenvalue weighted by Crippen LogP contribution is -3.07. The number of rotatable bonds is 7. The first-order valence-corrected chi connectivity index (χ1v) is 9.30. The van der Waals surface area contributed by atoms with Gasteiger partial charge in [-0.15, -0.1) is 11.7 Å². The van der Waals surface area contributed by atoms with E-state index in [1.165, 1.54) is 28.2 Å². The van der Waals surface area contributed by atoms with Crippen molar-refractivity contribution in [1.82, 2.24) is 14.3 Å². The summed E-state index contributed by atoms with van der Waals surface area (Å²) in [7, 11) is 2.12. The molecule has 27 heavy (non-hydrogen) atoms. The Morgan fingerprint density at radius 1 is 1.19 bits per heavy atom. The van der Waals surface area contributed by atoms with Crippen LogP contribution in [-0.4, -0.2) is 21.4 Å². The van der Waals surface area contributed by atoms with Gasteiger partial charge >= 0.3 is 0 Å². The molecule has 0 aliphatic rings. The summed E-state index contributed by atoms with van der Waals surface area (Å²) in [5, 5.41) is 4.72. The van der Waals surface area contributed by atoms with E-state index < -0.39 is 0 Å². The van der Waals surface area contributed by atoms with Crippen LogP contribution < -0.4 is 4.90 Å². The standard InChI is InChI=1S/C21H23FN4S/c1-4-13-25-20(17-9-11-19(22)12-10-17)23-26(21(25)27)15-24(3)14-18-8-6-5-7-16(18)2/h4-12H,1,13-15H2,2-3H3/p+1. The third kappa shape index (κ3) is 4.40. The van der Waals surface area contributed by atoms with E-state index >= 15 is 0 Å². The molecule has 2 aromatic carbocycles. The van der Waals surface area contributed by atoms with Gasteiger partial charge in [-0.1, -0.05) is 30.3 Å². The van der Waals surface area contributed by atoms with Gasteiger partial charge < -0.3 is 4.90 Å². The molecule has 6 heteroatoms. The van der Waals surface area contributed by atoms with Crippen molar-refractivity contribution < 1.29 is 9.29 Å². The molecule has 4 nitrogen and oxygen atoms in total. The Bertz CT molecular complexity index is 988. The molecular formula is C21H24FN4S+. The van der Waals surface area contributed by atoms with Crippen molar-refractivity contribution in [2.24, 2.45) is 0 Å². The molecular weight excluding hydrogens is 359 g/mol. The van der Waals surface area contributed by atoms with Gasteiger partial charge in [-0.3, -0.25) is 4.57 Å². The zero-order chi connectivity index (χ0) is 19.4. The molecule has 1 N–H and O–H groups in total. The summed E-state index contributed by atoms with van der Waals surface area (Å²) in [6.07, 6.45) is 1.79. The predicted octanol–water partition coefficient (Wildman–Crippen LogP) is 3.39. The SMILES string of the molecule is C=CCn1c(-c2ccc(F)cc2)nn(C[NH+](C)Cc2ccccc2C)c1=S.